The number of ether oxygens (including phenoxy) is 3. The number of para-hydroxylation sites is 1. The summed E-state index contributed by atoms with van der Waals surface area (Å²) in [4.78, 5) is 31.0. The first kappa shape index (κ1) is 23.7. The number of amides is 1. The van der Waals surface area contributed by atoms with E-state index in [1.54, 1.807) is 21.1 Å². The van der Waals surface area contributed by atoms with Crippen LogP contribution in [0.5, 0.6) is 11.5 Å². The van der Waals surface area contributed by atoms with Crippen LogP contribution >= 0.6 is 0 Å². The highest BCUT2D eigenvalue weighted by Gasteiger charge is 2.31. The number of piperidine rings is 1. The molecule has 0 saturated carbocycles. The largest absolute Gasteiger partial charge is 0.493 e. The molecule has 1 fully saturated rings. The van der Waals surface area contributed by atoms with Crippen molar-refractivity contribution in [3.05, 3.63) is 59.8 Å². The van der Waals surface area contributed by atoms with Gasteiger partial charge in [-0.15, -0.1) is 0 Å². The normalized spacial score (nSPS) is 16.8. The molecule has 1 saturated heterocycles. The third-order valence-electron chi connectivity index (χ3n) is 6.58. The molecule has 0 aliphatic carbocycles. The predicted molar refractivity (Wildman–Crippen MR) is 130 cm³/mol. The van der Waals surface area contributed by atoms with E-state index in [0.29, 0.717) is 31.2 Å². The monoisotopic (exact) mass is 464 g/mol. The van der Waals surface area contributed by atoms with E-state index >= 15 is 0 Å². The van der Waals surface area contributed by atoms with Gasteiger partial charge >= 0.3 is 5.97 Å². The highest BCUT2D eigenvalue weighted by molar-refractivity contribution is 5.86. The molecule has 7 heteroatoms. The molecule has 1 amide bonds. The molecule has 0 radical (unpaired) electrons. The Balaban J connectivity index is 1.65. The summed E-state index contributed by atoms with van der Waals surface area (Å²) in [7, 11) is 3.21. The molecule has 1 aliphatic rings. The number of methoxy groups -OCH3 is 2. The van der Waals surface area contributed by atoms with Crippen LogP contribution in [-0.4, -0.2) is 55.7 Å². The maximum Gasteiger partial charge on any atom is 0.310 e. The lowest BCUT2D eigenvalue weighted by Gasteiger charge is -2.32. The van der Waals surface area contributed by atoms with E-state index in [1.807, 2.05) is 47.5 Å². The molecule has 4 rings (SSSR count). The van der Waals surface area contributed by atoms with Crippen LogP contribution < -0.4 is 9.47 Å². The number of nitrogens with zero attached hydrogens (tertiary/aromatic N) is 1. The van der Waals surface area contributed by atoms with Gasteiger partial charge in [-0.25, -0.2) is 0 Å². The number of benzene rings is 2. The van der Waals surface area contributed by atoms with Gasteiger partial charge in [-0.1, -0.05) is 24.3 Å². The number of aromatic amines is 1. The molecule has 1 N–H and O–H groups in total. The number of H-pyrrole nitrogens is 1. The van der Waals surface area contributed by atoms with Crippen molar-refractivity contribution >= 4 is 22.8 Å². The van der Waals surface area contributed by atoms with Gasteiger partial charge in [0.25, 0.3) is 0 Å². The minimum atomic E-state index is -0.259. The third-order valence-corrected chi connectivity index (χ3v) is 6.58. The number of nitrogens with one attached hydrogen (secondary N) is 1. The first-order chi connectivity index (χ1) is 16.5. The fourth-order valence-corrected chi connectivity index (χ4v) is 4.82. The topological polar surface area (TPSA) is 80.9 Å². The quantitative estimate of drug-likeness (QED) is 0.496. The van der Waals surface area contributed by atoms with Crippen LogP contribution in [0, 0.1) is 5.92 Å². The van der Waals surface area contributed by atoms with Gasteiger partial charge in [0, 0.05) is 42.5 Å². The van der Waals surface area contributed by atoms with E-state index in [-0.39, 0.29) is 30.1 Å². The van der Waals surface area contributed by atoms with E-state index in [9.17, 15) is 9.59 Å². The Hall–Kier alpha value is -3.48. The minimum Gasteiger partial charge on any atom is -0.493 e. The number of hydrogen-bond acceptors (Lipinski definition) is 5. The van der Waals surface area contributed by atoms with Crippen molar-refractivity contribution < 1.29 is 23.8 Å². The lowest BCUT2D eigenvalue weighted by atomic mass is 9.87. The Labute approximate surface area is 200 Å². The molecule has 2 atom stereocenters. The van der Waals surface area contributed by atoms with Crippen molar-refractivity contribution in [2.24, 2.45) is 5.92 Å². The molecule has 3 aromatic rings. The number of likely N-dealkylation sites (tertiary alicyclic amines) is 1. The molecule has 1 aliphatic heterocycles. The van der Waals surface area contributed by atoms with Crippen LogP contribution in [0.4, 0.5) is 0 Å². The second-order valence-electron chi connectivity index (χ2n) is 8.59. The molecular formula is C27H32N2O5. The van der Waals surface area contributed by atoms with Crippen molar-refractivity contribution in [1.29, 1.82) is 0 Å². The van der Waals surface area contributed by atoms with Crippen molar-refractivity contribution in [2.75, 3.05) is 33.9 Å². The molecule has 180 valence electrons. The van der Waals surface area contributed by atoms with E-state index < -0.39 is 0 Å². The number of rotatable bonds is 8. The standard InChI is InChI=1S/C27H32N2O5/c1-4-34-27(31)19-8-7-13-29(17-19)26(30)15-21(18-11-12-24(32-2)25(14-18)33-3)22-16-28-23-10-6-5-9-20(22)23/h5-6,9-12,14,16,19,21,28H,4,7-8,13,15,17H2,1-3H3/t19-,21+/m0/s1. The van der Waals surface area contributed by atoms with E-state index in [2.05, 4.69) is 11.1 Å². The summed E-state index contributed by atoms with van der Waals surface area (Å²) < 4.78 is 16.2. The molecule has 2 heterocycles. The fourth-order valence-electron chi connectivity index (χ4n) is 4.82. The second-order valence-corrected chi connectivity index (χ2v) is 8.59. The van der Waals surface area contributed by atoms with Gasteiger partial charge in [-0.05, 0) is 49.1 Å². The Kier molecular flexibility index (Phi) is 7.40. The van der Waals surface area contributed by atoms with Crippen molar-refractivity contribution in [2.45, 2.75) is 32.1 Å². The zero-order valence-electron chi connectivity index (χ0n) is 20.0. The molecule has 1 aromatic heterocycles. The molecular weight excluding hydrogens is 432 g/mol. The summed E-state index contributed by atoms with van der Waals surface area (Å²) in [5.41, 5.74) is 3.04. The van der Waals surface area contributed by atoms with E-state index in [1.165, 1.54) is 0 Å². The van der Waals surface area contributed by atoms with E-state index in [4.69, 9.17) is 14.2 Å². The molecule has 0 spiro atoms. The van der Waals surface area contributed by atoms with E-state index in [0.717, 1.165) is 34.9 Å². The van der Waals surface area contributed by atoms with Crippen molar-refractivity contribution in [3.8, 4) is 11.5 Å². The number of esters is 1. The van der Waals surface area contributed by atoms with Gasteiger partial charge in [0.2, 0.25) is 5.91 Å². The Morgan fingerprint density at radius 3 is 2.68 bits per heavy atom. The fraction of sp³-hybridized carbons (Fsp3) is 0.407. The summed E-state index contributed by atoms with van der Waals surface area (Å²) in [6.45, 7) is 3.22. The zero-order chi connectivity index (χ0) is 24.1. The predicted octanol–water partition coefficient (Wildman–Crippen LogP) is 4.51. The van der Waals surface area contributed by atoms with Gasteiger partial charge in [0.05, 0.1) is 26.7 Å². The Morgan fingerprint density at radius 1 is 1.12 bits per heavy atom. The molecule has 0 bridgehead atoms. The minimum absolute atomic E-state index is 0.0269. The van der Waals surface area contributed by atoms with Crippen LogP contribution in [0.25, 0.3) is 10.9 Å². The van der Waals surface area contributed by atoms with Crippen LogP contribution in [0.1, 0.15) is 43.2 Å². The van der Waals surface area contributed by atoms with Crippen LogP contribution in [0.15, 0.2) is 48.7 Å². The average Bonchev–Trinajstić information content (AvgIpc) is 3.31. The summed E-state index contributed by atoms with van der Waals surface area (Å²) in [5.74, 6) is 0.630. The average molecular weight is 465 g/mol. The number of carbonyl (C=O) groups is 2. The van der Waals surface area contributed by atoms with Gasteiger partial charge in [0.1, 0.15) is 0 Å². The van der Waals surface area contributed by atoms with Gasteiger partial charge in [-0.3, -0.25) is 9.59 Å². The maximum absolute atomic E-state index is 13.5. The smallest absolute Gasteiger partial charge is 0.310 e. The highest BCUT2D eigenvalue weighted by atomic mass is 16.5. The molecule has 34 heavy (non-hydrogen) atoms. The number of aromatic nitrogens is 1. The van der Waals surface area contributed by atoms with Crippen LogP contribution in [-0.2, 0) is 14.3 Å². The first-order valence-corrected chi connectivity index (χ1v) is 11.8. The summed E-state index contributed by atoms with van der Waals surface area (Å²) >= 11 is 0. The van der Waals surface area contributed by atoms with Gasteiger partial charge < -0.3 is 24.1 Å². The maximum atomic E-state index is 13.5. The highest BCUT2D eigenvalue weighted by Crippen LogP contribution is 2.38. The van der Waals surface area contributed by atoms with Crippen LogP contribution in [0.3, 0.4) is 0 Å². The Morgan fingerprint density at radius 2 is 1.91 bits per heavy atom. The lowest BCUT2D eigenvalue weighted by molar-refractivity contribution is -0.151. The number of hydrogen-bond donors (Lipinski definition) is 1. The first-order valence-electron chi connectivity index (χ1n) is 11.8. The lowest BCUT2D eigenvalue weighted by Crippen LogP contribution is -2.43. The molecule has 2 aromatic carbocycles. The van der Waals surface area contributed by atoms with Crippen molar-refractivity contribution in [1.82, 2.24) is 9.88 Å². The Bertz CT molecular complexity index is 1150. The summed E-state index contributed by atoms with van der Waals surface area (Å²) in [6, 6.07) is 13.9. The molecule has 0 unspecified atom stereocenters. The zero-order valence-corrected chi connectivity index (χ0v) is 20.0. The van der Waals surface area contributed by atoms with Crippen molar-refractivity contribution in [3.63, 3.8) is 0 Å². The van der Waals surface area contributed by atoms with Gasteiger partial charge in [0.15, 0.2) is 11.5 Å². The molecule has 7 nitrogen and oxygen atoms in total. The van der Waals surface area contributed by atoms with Crippen LogP contribution in [0.2, 0.25) is 0 Å². The second kappa shape index (κ2) is 10.6. The number of fused-ring (bicyclic) bond motifs is 1. The SMILES string of the molecule is CCOC(=O)[C@H]1CCCN(C(=O)C[C@H](c2ccc(OC)c(OC)c2)c2c[nH]c3ccccc23)C1. The summed E-state index contributed by atoms with van der Waals surface area (Å²) in [5, 5.41) is 1.08. The van der Waals surface area contributed by atoms with Gasteiger partial charge in [-0.2, -0.15) is 0 Å². The number of carbonyl (C=O) groups excluding carboxylic acids is 2. The third kappa shape index (κ3) is 4.88. The summed E-state index contributed by atoms with van der Waals surface area (Å²) in [6.07, 6.45) is 3.82.